The van der Waals surface area contributed by atoms with E-state index in [0.29, 0.717) is 12.8 Å². The summed E-state index contributed by atoms with van der Waals surface area (Å²) in [7, 11) is 0. The molecule has 0 saturated carbocycles. The molecule has 9 N–H and O–H groups in total. The van der Waals surface area contributed by atoms with E-state index >= 15 is 0 Å². The van der Waals surface area contributed by atoms with Gasteiger partial charge in [-0.05, 0) is 25.3 Å². The van der Waals surface area contributed by atoms with Gasteiger partial charge in [-0.3, -0.25) is 4.79 Å². The lowest BCUT2D eigenvalue weighted by atomic mass is 9.86. The molecule has 59 heavy (non-hydrogen) atoms. The molecule has 0 aromatic carbocycles. The highest BCUT2D eigenvalue weighted by atomic mass is 16.6. The minimum atomic E-state index is -1.88. The summed E-state index contributed by atoms with van der Waals surface area (Å²) in [5.74, 6) is -1.57. The molecule has 11 heteroatoms. The second kappa shape index (κ2) is 37.3. The van der Waals surface area contributed by atoms with Crippen LogP contribution >= 0.6 is 0 Å². The van der Waals surface area contributed by atoms with Crippen molar-refractivity contribution in [1.29, 1.82) is 0 Å². The third-order valence-corrected chi connectivity index (χ3v) is 12.4. The van der Waals surface area contributed by atoms with Gasteiger partial charge in [0.15, 0.2) is 5.76 Å². The summed E-state index contributed by atoms with van der Waals surface area (Å²) in [5, 5.41) is 87.5. The molecular formula is C48H93NO10. The molecule has 9 atom stereocenters. The minimum absolute atomic E-state index is 0.188. The lowest BCUT2D eigenvalue weighted by Gasteiger charge is -2.44. The monoisotopic (exact) mass is 844 g/mol. The number of aliphatic hydroxyl groups is 8. The Labute approximate surface area is 359 Å². The smallest absolute Gasteiger partial charge is 0.286 e. The number of ether oxygens (including phenoxy) is 1. The Morgan fingerprint density at radius 2 is 0.932 bits per heavy atom. The molecule has 1 aliphatic heterocycles. The third-order valence-electron chi connectivity index (χ3n) is 12.4. The first-order chi connectivity index (χ1) is 28.6. The summed E-state index contributed by atoms with van der Waals surface area (Å²) in [6.07, 6.45) is 26.7. The quantitative estimate of drug-likeness (QED) is 0.0163. The molecular weight excluding hydrogens is 751 g/mol. The second-order valence-corrected chi connectivity index (χ2v) is 17.8. The van der Waals surface area contributed by atoms with Crippen molar-refractivity contribution in [2.45, 2.75) is 281 Å². The van der Waals surface area contributed by atoms with Gasteiger partial charge in [-0.1, -0.05) is 206 Å². The van der Waals surface area contributed by atoms with E-state index in [0.717, 1.165) is 51.4 Å². The zero-order valence-electron chi connectivity index (χ0n) is 37.7. The Morgan fingerprint density at radius 3 is 1.32 bits per heavy atom. The molecule has 350 valence electrons. The fourth-order valence-corrected chi connectivity index (χ4v) is 8.37. The molecule has 0 aliphatic carbocycles. The van der Waals surface area contributed by atoms with Crippen molar-refractivity contribution in [2.24, 2.45) is 0 Å². The van der Waals surface area contributed by atoms with Crippen molar-refractivity contribution in [2.75, 3.05) is 6.61 Å². The normalized spacial score (nSPS) is 22.0. The Bertz CT molecular complexity index is 999. The van der Waals surface area contributed by atoms with E-state index in [1.807, 2.05) is 0 Å². The average molecular weight is 844 g/mol. The van der Waals surface area contributed by atoms with E-state index in [1.165, 1.54) is 147 Å². The summed E-state index contributed by atoms with van der Waals surface area (Å²) in [4.78, 5) is 13.1. The molecule has 1 amide bonds. The number of hydrogen-bond donors (Lipinski definition) is 9. The van der Waals surface area contributed by atoms with Gasteiger partial charge >= 0.3 is 0 Å². The van der Waals surface area contributed by atoms with Gasteiger partial charge in [0, 0.05) is 0 Å². The lowest BCUT2D eigenvalue weighted by Crippen LogP contribution is -2.67. The number of hydrogen-bond acceptors (Lipinski definition) is 10. The Morgan fingerprint density at radius 1 is 0.559 bits per heavy atom. The maximum atomic E-state index is 13.1. The van der Waals surface area contributed by atoms with Crippen molar-refractivity contribution in [3.05, 3.63) is 11.8 Å². The average Bonchev–Trinajstić information content (AvgIpc) is 3.23. The molecule has 1 heterocycles. The summed E-state index contributed by atoms with van der Waals surface area (Å²) >= 11 is 0. The molecule has 1 rings (SSSR count). The number of unbranched alkanes of at least 4 members (excludes halogenated alkanes) is 30. The van der Waals surface area contributed by atoms with Crippen molar-refractivity contribution < 1.29 is 50.4 Å². The molecule has 0 aromatic rings. The molecule has 1 saturated heterocycles. The first kappa shape index (κ1) is 55.7. The third kappa shape index (κ3) is 26.0. The molecule has 1 aliphatic rings. The predicted octanol–water partition coefficient (Wildman–Crippen LogP) is 8.75. The summed E-state index contributed by atoms with van der Waals surface area (Å²) in [6, 6.07) is -1.62. The van der Waals surface area contributed by atoms with E-state index in [4.69, 9.17) is 4.74 Å². The highest BCUT2D eigenvalue weighted by Gasteiger charge is 2.49. The number of carbonyl (C=O) groups is 1. The van der Waals surface area contributed by atoms with Crippen LogP contribution in [-0.4, -0.2) is 108 Å². The molecule has 1 fully saturated rings. The van der Waals surface area contributed by atoms with Crippen LogP contribution in [-0.2, 0) is 9.53 Å². The SMILES string of the molecule is CCCCCCCCCCCCCCCCCCCCCC=C(O)C(=O)N[C@@H]([C@@H](O)[C@@H]1O[C@H](CO)[C@@H](O)[C@H](O)[C@H]1O)[C@H](O)C(O)CCCCCCCCCCCCCC. The minimum Gasteiger partial charge on any atom is -0.503 e. The highest BCUT2D eigenvalue weighted by Crippen LogP contribution is 2.27. The van der Waals surface area contributed by atoms with E-state index in [1.54, 1.807) is 0 Å². The van der Waals surface area contributed by atoms with Crippen molar-refractivity contribution >= 4 is 5.91 Å². The fourth-order valence-electron chi connectivity index (χ4n) is 8.37. The maximum absolute atomic E-state index is 13.1. The van der Waals surface area contributed by atoms with Gasteiger partial charge in [0.2, 0.25) is 0 Å². The van der Waals surface area contributed by atoms with Crippen LogP contribution in [0, 0.1) is 0 Å². The van der Waals surface area contributed by atoms with Crippen LogP contribution in [0.5, 0.6) is 0 Å². The second-order valence-electron chi connectivity index (χ2n) is 17.8. The largest absolute Gasteiger partial charge is 0.503 e. The lowest BCUT2D eigenvalue weighted by molar-refractivity contribution is -0.254. The first-order valence-corrected chi connectivity index (χ1v) is 24.6. The number of carbonyl (C=O) groups excluding carboxylic acids is 1. The van der Waals surface area contributed by atoms with Gasteiger partial charge in [0.1, 0.15) is 42.7 Å². The van der Waals surface area contributed by atoms with Crippen LogP contribution in [0.2, 0.25) is 0 Å². The van der Waals surface area contributed by atoms with Crippen molar-refractivity contribution in [1.82, 2.24) is 5.32 Å². The number of amides is 1. The van der Waals surface area contributed by atoms with Gasteiger partial charge < -0.3 is 50.9 Å². The van der Waals surface area contributed by atoms with E-state index in [9.17, 15) is 45.6 Å². The van der Waals surface area contributed by atoms with Crippen molar-refractivity contribution in [3.63, 3.8) is 0 Å². The highest BCUT2D eigenvalue weighted by molar-refractivity contribution is 5.91. The van der Waals surface area contributed by atoms with Gasteiger partial charge in [0.25, 0.3) is 5.91 Å². The molecule has 0 aromatic heterocycles. The topological polar surface area (TPSA) is 200 Å². The van der Waals surface area contributed by atoms with E-state index < -0.39 is 73.1 Å². The zero-order chi connectivity index (χ0) is 43.5. The summed E-state index contributed by atoms with van der Waals surface area (Å²) in [6.45, 7) is 3.76. The van der Waals surface area contributed by atoms with Crippen LogP contribution in [0.3, 0.4) is 0 Å². The first-order valence-electron chi connectivity index (χ1n) is 24.6. The Kier molecular flexibility index (Phi) is 35.2. The fraction of sp³-hybridized carbons (Fsp3) is 0.938. The van der Waals surface area contributed by atoms with Gasteiger partial charge in [-0.15, -0.1) is 0 Å². The zero-order valence-corrected chi connectivity index (χ0v) is 37.7. The van der Waals surface area contributed by atoms with Gasteiger partial charge in [-0.25, -0.2) is 0 Å². The standard InChI is InChI=1S/C48H93NO10/c1-3-5-7-9-11-13-15-17-18-19-20-21-22-23-24-26-28-30-32-34-36-39(52)48(58)49-41(44(55)47-46(57)45(56)43(54)40(37-50)59-47)42(53)38(51)35-33-31-29-27-25-16-14-12-10-8-6-4-2/h36,38,40-47,50-57H,3-35,37H2,1-2H3,(H,49,58)/t38?,40-,41-,42-,43-,44-,45+,46-,47+/m1/s1. The van der Waals surface area contributed by atoms with E-state index in [-0.39, 0.29) is 6.42 Å². The van der Waals surface area contributed by atoms with Gasteiger partial charge in [-0.2, -0.15) is 0 Å². The number of allylic oxidation sites excluding steroid dienone is 1. The number of aliphatic hydroxyl groups excluding tert-OH is 8. The van der Waals surface area contributed by atoms with Crippen LogP contribution in [0.4, 0.5) is 0 Å². The summed E-state index contributed by atoms with van der Waals surface area (Å²) < 4.78 is 5.52. The van der Waals surface area contributed by atoms with Gasteiger partial charge in [0.05, 0.1) is 18.8 Å². The molecule has 0 radical (unpaired) electrons. The van der Waals surface area contributed by atoms with Crippen LogP contribution in [0.25, 0.3) is 0 Å². The van der Waals surface area contributed by atoms with E-state index in [2.05, 4.69) is 19.2 Å². The summed E-state index contributed by atoms with van der Waals surface area (Å²) in [5.41, 5.74) is 0. The maximum Gasteiger partial charge on any atom is 0.286 e. The molecule has 11 nitrogen and oxygen atoms in total. The Balaban J connectivity index is 2.48. The van der Waals surface area contributed by atoms with Crippen LogP contribution in [0.1, 0.15) is 226 Å². The number of rotatable bonds is 40. The molecule has 1 unspecified atom stereocenters. The van der Waals surface area contributed by atoms with Crippen LogP contribution < -0.4 is 5.32 Å². The Hall–Kier alpha value is -1.31. The number of nitrogens with one attached hydrogen (secondary N) is 1. The molecule has 0 bridgehead atoms. The van der Waals surface area contributed by atoms with Crippen molar-refractivity contribution in [3.8, 4) is 0 Å². The molecule has 0 spiro atoms. The predicted molar refractivity (Wildman–Crippen MR) is 238 cm³/mol. The van der Waals surface area contributed by atoms with Crippen LogP contribution in [0.15, 0.2) is 11.8 Å².